The molecule has 2 N–H and O–H groups in total. The smallest absolute Gasteiger partial charge is 0.254 e. The van der Waals surface area contributed by atoms with E-state index in [1.54, 1.807) is 18.2 Å². The van der Waals surface area contributed by atoms with Crippen molar-refractivity contribution in [3.05, 3.63) is 54.1 Å². The number of azo groups is 1. The van der Waals surface area contributed by atoms with Crippen LogP contribution in [-0.4, -0.2) is 17.2 Å². The molecule has 0 bridgehead atoms. The Balaban J connectivity index is 2.10. The number of nitrogens with zero attached hydrogens (tertiary/aromatic N) is 4. The first-order chi connectivity index (χ1) is 11.2. The van der Waals surface area contributed by atoms with Crippen LogP contribution in [0.4, 0.5) is 11.4 Å². The summed E-state index contributed by atoms with van der Waals surface area (Å²) in [5.41, 5.74) is 3.78. The summed E-state index contributed by atoms with van der Waals surface area (Å²) in [5, 5.41) is 29.9. The second kappa shape index (κ2) is 8.05. The minimum atomic E-state index is -0.525. The molecule has 0 unspecified atom stereocenters. The van der Waals surface area contributed by atoms with Gasteiger partial charge in [-0.25, -0.2) is 5.43 Å². The van der Waals surface area contributed by atoms with Gasteiger partial charge in [0, 0.05) is 5.56 Å². The summed E-state index contributed by atoms with van der Waals surface area (Å²) in [7, 11) is 0. The Labute approximate surface area is 132 Å². The summed E-state index contributed by atoms with van der Waals surface area (Å²) in [6, 6.07) is 15.6. The maximum atomic E-state index is 11.1. The van der Waals surface area contributed by atoms with Crippen molar-refractivity contribution in [2.24, 2.45) is 15.3 Å². The van der Waals surface area contributed by atoms with Gasteiger partial charge in [-0.15, -0.1) is 0 Å². The highest BCUT2D eigenvalue weighted by Crippen LogP contribution is 2.23. The average Bonchev–Trinajstić information content (AvgIpc) is 2.56. The Morgan fingerprint density at radius 3 is 2.65 bits per heavy atom. The molecular weight excluding hydrogens is 294 g/mol. The molecule has 1 amide bonds. The van der Waals surface area contributed by atoms with Gasteiger partial charge >= 0.3 is 0 Å². The number of amides is 1. The zero-order chi connectivity index (χ0) is 16.5. The molecule has 23 heavy (non-hydrogen) atoms. The quantitative estimate of drug-likeness (QED) is 0.502. The van der Waals surface area contributed by atoms with Crippen molar-refractivity contribution in [3.63, 3.8) is 0 Å². The van der Waals surface area contributed by atoms with E-state index in [1.165, 1.54) is 12.3 Å². The van der Waals surface area contributed by atoms with Crippen LogP contribution in [0.2, 0.25) is 0 Å². The van der Waals surface area contributed by atoms with E-state index in [4.69, 9.17) is 5.26 Å². The summed E-state index contributed by atoms with van der Waals surface area (Å²) < 4.78 is 0. The lowest BCUT2D eigenvalue weighted by Crippen LogP contribution is -2.16. The molecule has 114 valence electrons. The monoisotopic (exact) mass is 307 g/mol. The van der Waals surface area contributed by atoms with E-state index in [-0.39, 0.29) is 12.2 Å². The van der Waals surface area contributed by atoms with Gasteiger partial charge in [-0.1, -0.05) is 18.2 Å². The maximum Gasteiger partial charge on any atom is 0.254 e. The number of hydrogen-bond donors (Lipinski definition) is 2. The number of hydrazone groups is 1. The minimum Gasteiger partial charge on any atom is -0.507 e. The van der Waals surface area contributed by atoms with Gasteiger partial charge in [0.25, 0.3) is 5.91 Å². The van der Waals surface area contributed by atoms with Gasteiger partial charge in [0.15, 0.2) is 0 Å². The van der Waals surface area contributed by atoms with Crippen LogP contribution < -0.4 is 5.43 Å². The molecule has 0 saturated heterocycles. The highest BCUT2D eigenvalue weighted by molar-refractivity contribution is 5.86. The summed E-state index contributed by atoms with van der Waals surface area (Å²) >= 11 is 0. The number of carbonyl (C=O) groups excluding carboxylic acids is 1. The molecule has 0 aliphatic rings. The van der Waals surface area contributed by atoms with Gasteiger partial charge < -0.3 is 5.11 Å². The molecular formula is C16H13N5O2. The normalized spacial score (nSPS) is 10.7. The van der Waals surface area contributed by atoms with Crippen molar-refractivity contribution in [2.45, 2.75) is 6.42 Å². The van der Waals surface area contributed by atoms with Gasteiger partial charge in [-0.3, -0.25) is 4.79 Å². The van der Waals surface area contributed by atoms with Crippen LogP contribution in [-0.2, 0) is 4.79 Å². The Kier molecular flexibility index (Phi) is 5.54. The third-order valence-corrected chi connectivity index (χ3v) is 2.68. The largest absolute Gasteiger partial charge is 0.507 e. The van der Waals surface area contributed by atoms with Crippen molar-refractivity contribution in [3.8, 4) is 11.8 Å². The van der Waals surface area contributed by atoms with Crippen molar-refractivity contribution in [1.82, 2.24) is 5.43 Å². The third kappa shape index (κ3) is 5.06. The fraction of sp³-hybridized carbons (Fsp3) is 0.0625. The number of carbonyl (C=O) groups is 1. The van der Waals surface area contributed by atoms with E-state index in [1.807, 2.05) is 30.3 Å². The fourth-order valence-electron chi connectivity index (χ4n) is 1.60. The lowest BCUT2D eigenvalue weighted by molar-refractivity contribution is -0.120. The molecule has 2 aromatic carbocycles. The van der Waals surface area contributed by atoms with Gasteiger partial charge in [0.2, 0.25) is 0 Å². The number of nitrogens with one attached hydrogen (secondary N) is 1. The summed E-state index contributed by atoms with van der Waals surface area (Å²) in [6.45, 7) is 0. The lowest BCUT2D eigenvalue weighted by atomic mass is 10.2. The van der Waals surface area contributed by atoms with Gasteiger partial charge in [-0.05, 0) is 30.3 Å². The second-order valence-corrected chi connectivity index (χ2v) is 4.41. The molecule has 0 saturated carbocycles. The Bertz CT molecular complexity index is 779. The SMILES string of the molecule is N#CCC(=O)NN=Cc1cc(N=Nc2ccccc2)ccc1O. The average molecular weight is 307 g/mol. The standard InChI is InChI=1S/C16H13N5O2/c17-9-8-16(23)21-18-11-12-10-14(6-7-15(12)22)20-19-13-4-2-1-3-5-13/h1-7,10-11,22H,8H2,(H,21,23). The van der Waals surface area contributed by atoms with Crippen LogP contribution >= 0.6 is 0 Å². The Hall–Kier alpha value is -3.53. The minimum absolute atomic E-state index is 0.0121. The number of aromatic hydroxyl groups is 1. The van der Waals surface area contributed by atoms with Crippen LogP contribution in [0.25, 0.3) is 0 Å². The molecule has 2 rings (SSSR count). The summed E-state index contributed by atoms with van der Waals surface area (Å²) in [6.07, 6.45) is 0.987. The maximum absolute atomic E-state index is 11.1. The molecule has 7 heteroatoms. The zero-order valence-corrected chi connectivity index (χ0v) is 12.0. The number of rotatable bonds is 5. The van der Waals surface area contributed by atoms with Crippen molar-refractivity contribution >= 4 is 23.5 Å². The first-order valence-corrected chi connectivity index (χ1v) is 6.67. The highest BCUT2D eigenvalue weighted by atomic mass is 16.3. The van der Waals surface area contributed by atoms with E-state index >= 15 is 0 Å². The molecule has 0 atom stereocenters. The van der Waals surface area contributed by atoms with E-state index in [2.05, 4.69) is 20.8 Å². The third-order valence-electron chi connectivity index (χ3n) is 2.68. The van der Waals surface area contributed by atoms with Crippen LogP contribution in [0, 0.1) is 11.3 Å². The van der Waals surface area contributed by atoms with Gasteiger partial charge in [-0.2, -0.15) is 20.6 Å². The molecule has 0 aromatic heterocycles. The van der Waals surface area contributed by atoms with E-state index in [0.29, 0.717) is 16.9 Å². The second-order valence-electron chi connectivity index (χ2n) is 4.41. The molecule has 7 nitrogen and oxygen atoms in total. The summed E-state index contributed by atoms with van der Waals surface area (Å²) in [4.78, 5) is 11.1. The number of phenols is 1. The first kappa shape index (κ1) is 15.9. The van der Waals surface area contributed by atoms with Crippen molar-refractivity contribution < 1.29 is 9.90 Å². The topological polar surface area (TPSA) is 110 Å². The molecule has 0 aliphatic heterocycles. The zero-order valence-electron chi connectivity index (χ0n) is 12.0. The van der Waals surface area contributed by atoms with Crippen molar-refractivity contribution in [1.29, 1.82) is 5.26 Å². The molecule has 0 fully saturated rings. The van der Waals surface area contributed by atoms with Crippen molar-refractivity contribution in [2.75, 3.05) is 0 Å². The van der Waals surface area contributed by atoms with Crippen LogP contribution in [0.3, 0.4) is 0 Å². The molecule has 0 heterocycles. The van der Waals surface area contributed by atoms with E-state index in [0.717, 1.165) is 0 Å². The predicted octanol–water partition coefficient (Wildman–Crippen LogP) is 3.17. The first-order valence-electron chi connectivity index (χ1n) is 6.67. The number of phenolic OH excluding ortho intramolecular Hbond substituents is 1. The number of hydrogen-bond acceptors (Lipinski definition) is 6. The Morgan fingerprint density at radius 2 is 1.91 bits per heavy atom. The number of benzene rings is 2. The Morgan fingerprint density at radius 1 is 1.17 bits per heavy atom. The van der Waals surface area contributed by atoms with Gasteiger partial charge in [0.1, 0.15) is 12.2 Å². The predicted molar refractivity (Wildman–Crippen MR) is 84.7 cm³/mol. The van der Waals surface area contributed by atoms with Crippen LogP contribution in [0.5, 0.6) is 5.75 Å². The fourth-order valence-corrected chi connectivity index (χ4v) is 1.60. The highest BCUT2D eigenvalue weighted by Gasteiger charge is 2.01. The lowest BCUT2D eigenvalue weighted by Gasteiger charge is -2.00. The number of nitriles is 1. The molecule has 2 aromatic rings. The van der Waals surface area contributed by atoms with E-state index in [9.17, 15) is 9.90 Å². The summed E-state index contributed by atoms with van der Waals surface area (Å²) in [5.74, 6) is -0.537. The molecule has 0 spiro atoms. The molecule has 0 aliphatic carbocycles. The van der Waals surface area contributed by atoms with E-state index < -0.39 is 5.91 Å². The molecule has 0 radical (unpaired) electrons. The van der Waals surface area contributed by atoms with Crippen LogP contribution in [0.15, 0.2) is 63.9 Å². The van der Waals surface area contributed by atoms with Crippen LogP contribution in [0.1, 0.15) is 12.0 Å². The van der Waals surface area contributed by atoms with Gasteiger partial charge in [0.05, 0.1) is 23.7 Å².